The van der Waals surface area contributed by atoms with Crippen LogP contribution in [0.2, 0.25) is 0 Å². The van der Waals surface area contributed by atoms with Gasteiger partial charge in [-0.15, -0.1) is 0 Å². The van der Waals surface area contributed by atoms with E-state index < -0.39 is 12.1 Å². The lowest BCUT2D eigenvalue weighted by molar-refractivity contribution is -0.132. The molecule has 0 radical (unpaired) electrons. The van der Waals surface area contributed by atoms with Crippen molar-refractivity contribution >= 4 is 29.5 Å². The molecule has 2 aliphatic heterocycles. The highest BCUT2D eigenvalue weighted by Gasteiger charge is 2.27. The van der Waals surface area contributed by atoms with E-state index in [4.69, 9.17) is 0 Å². The van der Waals surface area contributed by atoms with Crippen LogP contribution >= 0.6 is 0 Å². The third-order valence-electron chi connectivity index (χ3n) is 5.51. The van der Waals surface area contributed by atoms with Crippen LogP contribution in [0.3, 0.4) is 0 Å². The Hall–Kier alpha value is -2.91. The SMILES string of the molecule is CC(C)[C@H]1NC(=O)CCNc2cc(nc(N3CCCC3)n2)CCNC(=O)[C@H](C)NC1=O. The number of carbonyl (C=O) groups excluding carboxylic acids is 3. The molecule has 2 aliphatic rings. The first-order valence-corrected chi connectivity index (χ1v) is 11.1. The molecule has 3 rings (SSSR count). The van der Waals surface area contributed by atoms with Crippen molar-refractivity contribution in [1.29, 1.82) is 0 Å². The Bertz CT molecular complexity index is 808. The van der Waals surface area contributed by atoms with E-state index in [1.807, 2.05) is 19.9 Å². The monoisotopic (exact) mass is 431 g/mol. The number of carbonyl (C=O) groups is 3. The third kappa shape index (κ3) is 6.28. The molecule has 170 valence electrons. The summed E-state index contributed by atoms with van der Waals surface area (Å²) in [6, 6.07) is 0.446. The number of anilines is 2. The van der Waals surface area contributed by atoms with Crippen LogP contribution in [0.25, 0.3) is 0 Å². The third-order valence-corrected chi connectivity index (χ3v) is 5.51. The van der Waals surface area contributed by atoms with E-state index in [9.17, 15) is 14.4 Å². The van der Waals surface area contributed by atoms with E-state index in [1.54, 1.807) is 6.92 Å². The molecule has 2 bridgehead atoms. The fraction of sp³-hybridized carbons (Fsp3) is 0.667. The number of nitrogens with one attached hydrogen (secondary N) is 4. The molecule has 0 aliphatic carbocycles. The summed E-state index contributed by atoms with van der Waals surface area (Å²) in [6.07, 6.45) is 2.98. The van der Waals surface area contributed by atoms with Crippen LogP contribution in [0.5, 0.6) is 0 Å². The lowest BCUT2D eigenvalue weighted by atomic mass is 10.0. The standard InChI is InChI=1S/C21H33N7O3/c1-13(2)18-20(31)24-14(3)19(30)23-8-6-15-12-16(22-9-7-17(29)27-18)26-21(25-15)28-10-4-5-11-28/h12-14,18H,4-11H2,1-3H3,(H,23,30)(H,24,31)(H,27,29)(H,22,25,26)/t14-,18+/m0/s1. The van der Waals surface area contributed by atoms with Crippen LogP contribution in [-0.2, 0) is 20.8 Å². The molecule has 0 saturated carbocycles. The van der Waals surface area contributed by atoms with Crippen molar-refractivity contribution in [1.82, 2.24) is 25.9 Å². The quantitative estimate of drug-likeness (QED) is 0.526. The van der Waals surface area contributed by atoms with Gasteiger partial charge in [0.25, 0.3) is 0 Å². The van der Waals surface area contributed by atoms with Crippen LogP contribution in [0.15, 0.2) is 6.07 Å². The molecule has 10 nitrogen and oxygen atoms in total. The highest BCUT2D eigenvalue weighted by Crippen LogP contribution is 2.19. The van der Waals surface area contributed by atoms with Gasteiger partial charge in [0, 0.05) is 50.8 Å². The maximum absolute atomic E-state index is 12.6. The van der Waals surface area contributed by atoms with Gasteiger partial charge in [-0.3, -0.25) is 14.4 Å². The lowest BCUT2D eigenvalue weighted by Gasteiger charge is -2.24. The Morgan fingerprint density at radius 1 is 0.968 bits per heavy atom. The second-order valence-corrected chi connectivity index (χ2v) is 8.48. The zero-order valence-corrected chi connectivity index (χ0v) is 18.5. The molecule has 0 unspecified atom stereocenters. The first-order valence-electron chi connectivity index (χ1n) is 11.1. The van der Waals surface area contributed by atoms with Gasteiger partial charge in [0.15, 0.2) is 0 Å². The van der Waals surface area contributed by atoms with Gasteiger partial charge in [-0.25, -0.2) is 4.98 Å². The van der Waals surface area contributed by atoms with Crippen LogP contribution in [0.1, 0.15) is 45.7 Å². The summed E-state index contributed by atoms with van der Waals surface area (Å²) in [5.41, 5.74) is 0.813. The Morgan fingerprint density at radius 3 is 2.39 bits per heavy atom. The number of amides is 3. The Kier molecular flexibility index (Phi) is 7.64. The van der Waals surface area contributed by atoms with Crippen LogP contribution < -0.4 is 26.2 Å². The molecule has 1 fully saturated rings. The van der Waals surface area contributed by atoms with Crippen LogP contribution in [0, 0.1) is 5.92 Å². The van der Waals surface area contributed by atoms with Crippen LogP contribution in [-0.4, -0.2) is 66.0 Å². The van der Waals surface area contributed by atoms with Crippen molar-refractivity contribution in [2.24, 2.45) is 5.92 Å². The molecule has 10 heteroatoms. The second-order valence-electron chi connectivity index (χ2n) is 8.48. The average molecular weight is 432 g/mol. The summed E-state index contributed by atoms with van der Waals surface area (Å²) in [7, 11) is 0. The maximum Gasteiger partial charge on any atom is 0.243 e. The molecule has 3 heterocycles. The molecule has 1 saturated heterocycles. The van der Waals surface area contributed by atoms with E-state index in [-0.39, 0.29) is 30.1 Å². The minimum atomic E-state index is -0.707. The molecule has 1 aromatic heterocycles. The molecule has 31 heavy (non-hydrogen) atoms. The number of fused-ring (bicyclic) bond motifs is 2. The molecule has 0 aromatic carbocycles. The largest absolute Gasteiger partial charge is 0.369 e. The lowest BCUT2D eigenvalue weighted by Crippen LogP contribution is -2.54. The van der Waals surface area contributed by atoms with Crippen molar-refractivity contribution in [2.75, 3.05) is 36.4 Å². The number of hydrogen-bond acceptors (Lipinski definition) is 7. The number of nitrogens with zero attached hydrogens (tertiary/aromatic N) is 3. The minimum absolute atomic E-state index is 0.113. The van der Waals surface area contributed by atoms with Gasteiger partial charge >= 0.3 is 0 Å². The van der Waals surface area contributed by atoms with E-state index in [1.165, 1.54) is 0 Å². The van der Waals surface area contributed by atoms with Gasteiger partial charge in [0.1, 0.15) is 17.9 Å². The molecule has 2 atom stereocenters. The fourth-order valence-electron chi connectivity index (χ4n) is 3.68. The summed E-state index contributed by atoms with van der Waals surface area (Å²) in [4.78, 5) is 48.9. The predicted octanol–water partition coefficient (Wildman–Crippen LogP) is 0.197. The molecule has 4 N–H and O–H groups in total. The molecule has 1 aromatic rings. The smallest absolute Gasteiger partial charge is 0.243 e. The molecular weight excluding hydrogens is 398 g/mol. The fourth-order valence-corrected chi connectivity index (χ4v) is 3.68. The zero-order valence-electron chi connectivity index (χ0n) is 18.5. The van der Waals surface area contributed by atoms with E-state index in [2.05, 4.69) is 36.1 Å². The van der Waals surface area contributed by atoms with Crippen molar-refractivity contribution in [3.63, 3.8) is 0 Å². The molecule has 0 spiro atoms. The number of hydrogen-bond donors (Lipinski definition) is 4. The normalized spacial score (nSPS) is 23.7. The second kappa shape index (κ2) is 10.4. The van der Waals surface area contributed by atoms with Crippen molar-refractivity contribution in [2.45, 2.75) is 58.5 Å². The summed E-state index contributed by atoms with van der Waals surface area (Å²) < 4.78 is 0. The van der Waals surface area contributed by atoms with Crippen molar-refractivity contribution in [3.05, 3.63) is 11.8 Å². The molecule has 3 amide bonds. The van der Waals surface area contributed by atoms with Gasteiger partial charge in [0.2, 0.25) is 23.7 Å². The topological polar surface area (TPSA) is 128 Å². The first kappa shape index (κ1) is 22.8. The van der Waals surface area contributed by atoms with Crippen molar-refractivity contribution in [3.8, 4) is 0 Å². The first-order chi connectivity index (χ1) is 14.8. The summed E-state index contributed by atoms with van der Waals surface area (Å²) in [5.74, 6) is 0.342. The highest BCUT2D eigenvalue weighted by atomic mass is 16.2. The van der Waals surface area contributed by atoms with Crippen LogP contribution in [0.4, 0.5) is 11.8 Å². The van der Waals surface area contributed by atoms with Gasteiger partial charge in [-0.05, 0) is 25.7 Å². The minimum Gasteiger partial charge on any atom is -0.369 e. The number of rotatable bonds is 2. The van der Waals surface area contributed by atoms with Gasteiger partial charge < -0.3 is 26.2 Å². The van der Waals surface area contributed by atoms with Gasteiger partial charge in [-0.2, -0.15) is 4.98 Å². The van der Waals surface area contributed by atoms with E-state index >= 15 is 0 Å². The van der Waals surface area contributed by atoms with E-state index in [0.29, 0.717) is 31.3 Å². The Labute approximate surface area is 183 Å². The van der Waals surface area contributed by atoms with Crippen molar-refractivity contribution < 1.29 is 14.4 Å². The highest BCUT2D eigenvalue weighted by molar-refractivity contribution is 5.92. The predicted molar refractivity (Wildman–Crippen MR) is 118 cm³/mol. The average Bonchev–Trinajstić information content (AvgIpc) is 3.26. The summed E-state index contributed by atoms with van der Waals surface area (Å²) in [6.45, 7) is 7.99. The van der Waals surface area contributed by atoms with Gasteiger partial charge in [0.05, 0.1) is 0 Å². The number of aromatic nitrogens is 2. The maximum atomic E-state index is 12.6. The summed E-state index contributed by atoms with van der Waals surface area (Å²) >= 11 is 0. The zero-order chi connectivity index (χ0) is 22.4. The van der Waals surface area contributed by atoms with Gasteiger partial charge in [-0.1, -0.05) is 13.8 Å². The van der Waals surface area contributed by atoms with E-state index in [0.717, 1.165) is 31.6 Å². The molecular formula is C21H33N7O3. The summed E-state index contributed by atoms with van der Waals surface area (Å²) in [5, 5.41) is 11.5. The Morgan fingerprint density at radius 2 is 1.68 bits per heavy atom. The Balaban J connectivity index is 1.79.